The number of anilines is 1. The molecule has 5 heteroatoms. The van der Waals surface area contributed by atoms with E-state index < -0.39 is 5.97 Å². The summed E-state index contributed by atoms with van der Waals surface area (Å²) in [5, 5.41) is 9.77. The average Bonchev–Trinajstić information content (AvgIpc) is 2.48. The molecule has 1 amide bonds. The fourth-order valence-corrected chi connectivity index (χ4v) is 2.10. The van der Waals surface area contributed by atoms with Gasteiger partial charge >= 0.3 is 5.97 Å². The van der Waals surface area contributed by atoms with Crippen molar-refractivity contribution in [2.24, 2.45) is 0 Å². The predicted molar refractivity (Wildman–Crippen MR) is 82.0 cm³/mol. The van der Waals surface area contributed by atoms with Gasteiger partial charge in [0.25, 0.3) is 0 Å². The minimum atomic E-state index is -1.06. The standard InChI is InChI=1S/C16H14ClNO3/c1-18(14-5-3-2-4-13(14)16(20)21)15(19)10-11-6-8-12(17)9-7-11/h2-9H,10H2,1H3,(H,20,21). The third kappa shape index (κ3) is 3.61. The van der Waals surface area contributed by atoms with Crippen LogP contribution in [0.4, 0.5) is 5.69 Å². The second-order valence-electron chi connectivity index (χ2n) is 4.58. The zero-order valence-electron chi connectivity index (χ0n) is 11.4. The Labute approximate surface area is 127 Å². The van der Waals surface area contributed by atoms with Crippen molar-refractivity contribution in [3.05, 3.63) is 64.7 Å². The van der Waals surface area contributed by atoms with E-state index in [2.05, 4.69) is 0 Å². The van der Waals surface area contributed by atoms with Crippen molar-refractivity contribution < 1.29 is 14.7 Å². The zero-order chi connectivity index (χ0) is 15.4. The van der Waals surface area contributed by atoms with Gasteiger partial charge < -0.3 is 10.0 Å². The second-order valence-corrected chi connectivity index (χ2v) is 5.01. The zero-order valence-corrected chi connectivity index (χ0v) is 12.2. The highest BCUT2D eigenvalue weighted by Crippen LogP contribution is 2.20. The summed E-state index contributed by atoms with van der Waals surface area (Å²) < 4.78 is 0. The molecular weight excluding hydrogens is 290 g/mol. The van der Waals surface area contributed by atoms with Gasteiger partial charge in [-0.2, -0.15) is 0 Å². The van der Waals surface area contributed by atoms with Crippen molar-refractivity contribution in [3.63, 3.8) is 0 Å². The Balaban J connectivity index is 2.20. The number of carboxylic acids is 1. The lowest BCUT2D eigenvalue weighted by atomic mass is 10.1. The van der Waals surface area contributed by atoms with Crippen molar-refractivity contribution in [1.29, 1.82) is 0 Å². The first-order valence-electron chi connectivity index (χ1n) is 6.32. The number of likely N-dealkylation sites (N-methyl/N-ethyl adjacent to an activating group) is 1. The summed E-state index contributed by atoms with van der Waals surface area (Å²) in [5.41, 5.74) is 1.30. The number of benzene rings is 2. The molecule has 2 aromatic rings. The molecular formula is C16H14ClNO3. The smallest absolute Gasteiger partial charge is 0.337 e. The second kappa shape index (κ2) is 6.41. The quantitative estimate of drug-likeness (QED) is 0.943. The van der Waals surface area contributed by atoms with Crippen LogP contribution < -0.4 is 4.90 Å². The Morgan fingerprint density at radius 1 is 1.10 bits per heavy atom. The van der Waals surface area contributed by atoms with Crippen molar-refractivity contribution in [1.82, 2.24) is 0 Å². The SMILES string of the molecule is CN(C(=O)Cc1ccc(Cl)cc1)c1ccccc1C(=O)O. The third-order valence-electron chi connectivity index (χ3n) is 3.14. The normalized spacial score (nSPS) is 10.2. The van der Waals surface area contributed by atoms with Crippen LogP contribution in [0.1, 0.15) is 15.9 Å². The molecule has 2 aromatic carbocycles. The van der Waals surface area contributed by atoms with Crippen LogP contribution in [0.2, 0.25) is 5.02 Å². The van der Waals surface area contributed by atoms with Gasteiger partial charge in [-0.15, -0.1) is 0 Å². The van der Waals surface area contributed by atoms with Crippen LogP contribution in [0.3, 0.4) is 0 Å². The van der Waals surface area contributed by atoms with Crippen LogP contribution in [-0.4, -0.2) is 24.0 Å². The number of carbonyl (C=O) groups excluding carboxylic acids is 1. The Morgan fingerprint density at radius 2 is 1.71 bits per heavy atom. The molecule has 0 saturated heterocycles. The first kappa shape index (κ1) is 15.1. The van der Waals surface area contributed by atoms with Gasteiger partial charge in [-0.25, -0.2) is 4.79 Å². The molecule has 0 spiro atoms. The largest absolute Gasteiger partial charge is 0.478 e. The van der Waals surface area contributed by atoms with Crippen molar-refractivity contribution in [3.8, 4) is 0 Å². The molecule has 2 rings (SSSR count). The molecule has 0 radical (unpaired) electrons. The van der Waals surface area contributed by atoms with Gasteiger partial charge in [0, 0.05) is 12.1 Å². The van der Waals surface area contributed by atoms with E-state index >= 15 is 0 Å². The maximum absolute atomic E-state index is 12.3. The van der Waals surface area contributed by atoms with Gasteiger partial charge in [-0.1, -0.05) is 35.9 Å². The Bertz CT molecular complexity index is 667. The first-order chi connectivity index (χ1) is 9.99. The van der Waals surface area contributed by atoms with Gasteiger partial charge in [0.15, 0.2) is 0 Å². The highest BCUT2D eigenvalue weighted by atomic mass is 35.5. The molecule has 0 unspecified atom stereocenters. The van der Waals surface area contributed by atoms with E-state index in [9.17, 15) is 9.59 Å². The number of carbonyl (C=O) groups is 2. The number of aromatic carboxylic acids is 1. The fourth-order valence-electron chi connectivity index (χ4n) is 1.98. The Morgan fingerprint density at radius 3 is 2.33 bits per heavy atom. The van der Waals surface area contributed by atoms with Gasteiger partial charge in [0.1, 0.15) is 0 Å². The minimum absolute atomic E-state index is 0.101. The van der Waals surface area contributed by atoms with Crippen LogP contribution in [0.5, 0.6) is 0 Å². The van der Waals surface area contributed by atoms with Crippen LogP contribution in [-0.2, 0) is 11.2 Å². The number of halogens is 1. The lowest BCUT2D eigenvalue weighted by Gasteiger charge is -2.19. The van der Waals surface area contributed by atoms with Crippen LogP contribution in [0.25, 0.3) is 0 Å². The summed E-state index contributed by atoms with van der Waals surface area (Å²) in [7, 11) is 1.57. The van der Waals surface area contributed by atoms with E-state index in [0.29, 0.717) is 10.7 Å². The molecule has 0 bridgehead atoms. The molecule has 0 aliphatic carbocycles. The highest BCUT2D eigenvalue weighted by Gasteiger charge is 2.17. The van der Waals surface area contributed by atoms with Gasteiger partial charge in [0.2, 0.25) is 5.91 Å². The van der Waals surface area contributed by atoms with E-state index in [0.717, 1.165) is 5.56 Å². The molecule has 0 aliphatic heterocycles. The predicted octanol–water partition coefficient (Wildman–Crippen LogP) is 3.24. The number of hydrogen-bond acceptors (Lipinski definition) is 2. The summed E-state index contributed by atoms with van der Waals surface area (Å²) in [6, 6.07) is 13.4. The number of rotatable bonds is 4. The lowest BCUT2D eigenvalue weighted by Crippen LogP contribution is -2.29. The number of para-hydroxylation sites is 1. The summed E-state index contributed by atoms with van der Waals surface area (Å²) in [4.78, 5) is 24.8. The van der Waals surface area contributed by atoms with E-state index in [1.807, 2.05) is 0 Å². The van der Waals surface area contributed by atoms with Crippen molar-refractivity contribution in [2.45, 2.75) is 6.42 Å². The van der Waals surface area contributed by atoms with Crippen LogP contribution >= 0.6 is 11.6 Å². The maximum Gasteiger partial charge on any atom is 0.337 e. The number of nitrogens with zero attached hydrogens (tertiary/aromatic N) is 1. The lowest BCUT2D eigenvalue weighted by molar-refractivity contribution is -0.117. The van der Waals surface area contributed by atoms with Crippen LogP contribution in [0.15, 0.2) is 48.5 Å². The molecule has 0 atom stereocenters. The molecule has 0 fully saturated rings. The summed E-state index contributed by atoms with van der Waals surface area (Å²) in [6.45, 7) is 0. The van der Waals surface area contributed by atoms with E-state index in [1.54, 1.807) is 49.5 Å². The van der Waals surface area contributed by atoms with Gasteiger partial charge in [-0.3, -0.25) is 4.79 Å². The third-order valence-corrected chi connectivity index (χ3v) is 3.39. The van der Waals surface area contributed by atoms with E-state index in [1.165, 1.54) is 11.0 Å². The fraction of sp³-hybridized carbons (Fsp3) is 0.125. The average molecular weight is 304 g/mol. The summed E-state index contributed by atoms with van der Waals surface area (Å²) >= 11 is 5.80. The van der Waals surface area contributed by atoms with Crippen molar-refractivity contribution in [2.75, 3.05) is 11.9 Å². The summed E-state index contributed by atoms with van der Waals surface area (Å²) in [6.07, 6.45) is 0.182. The Kier molecular flexibility index (Phi) is 4.60. The monoisotopic (exact) mass is 303 g/mol. The van der Waals surface area contributed by atoms with Crippen molar-refractivity contribution >= 4 is 29.2 Å². The molecule has 0 aliphatic rings. The van der Waals surface area contributed by atoms with Crippen LogP contribution in [0, 0.1) is 0 Å². The Hall–Kier alpha value is -2.33. The maximum atomic E-state index is 12.3. The van der Waals surface area contributed by atoms with E-state index in [4.69, 9.17) is 16.7 Å². The van der Waals surface area contributed by atoms with E-state index in [-0.39, 0.29) is 17.9 Å². The first-order valence-corrected chi connectivity index (χ1v) is 6.70. The molecule has 0 heterocycles. The molecule has 0 saturated carbocycles. The molecule has 108 valence electrons. The summed E-state index contributed by atoms with van der Waals surface area (Å²) in [5.74, 6) is -1.25. The molecule has 4 nitrogen and oxygen atoms in total. The number of hydrogen-bond donors (Lipinski definition) is 1. The minimum Gasteiger partial charge on any atom is -0.478 e. The van der Waals surface area contributed by atoms with Gasteiger partial charge in [-0.05, 0) is 29.8 Å². The van der Waals surface area contributed by atoms with Gasteiger partial charge in [0.05, 0.1) is 17.7 Å². The molecule has 1 N–H and O–H groups in total. The number of carboxylic acid groups (broad SMARTS) is 1. The highest BCUT2D eigenvalue weighted by molar-refractivity contribution is 6.30. The molecule has 21 heavy (non-hydrogen) atoms. The molecule has 0 aromatic heterocycles. The number of amides is 1. The topological polar surface area (TPSA) is 57.6 Å².